The summed E-state index contributed by atoms with van der Waals surface area (Å²) in [5.74, 6) is 0.323. The minimum atomic E-state index is -0.615. The molecule has 1 saturated heterocycles. The average molecular weight is 423 g/mol. The lowest BCUT2D eigenvalue weighted by atomic mass is 10.1. The van der Waals surface area contributed by atoms with Gasteiger partial charge in [-0.2, -0.15) is 0 Å². The Balaban J connectivity index is 1.37. The normalized spacial score (nSPS) is 16.0. The first kappa shape index (κ1) is 20.5. The maximum atomic E-state index is 13.0. The number of imidazole rings is 1. The monoisotopic (exact) mass is 423 g/mol. The maximum Gasteiger partial charge on any atom is 0.248 e. The third-order valence-corrected chi connectivity index (χ3v) is 4.92. The molecule has 1 aliphatic heterocycles. The number of aromatic amines is 1. The number of nitrogens with one attached hydrogen (secondary N) is 3. The van der Waals surface area contributed by atoms with Crippen molar-refractivity contribution < 1.29 is 18.7 Å². The van der Waals surface area contributed by atoms with Crippen molar-refractivity contribution in [1.29, 1.82) is 0 Å². The molecule has 0 saturated carbocycles. The fourth-order valence-electron chi connectivity index (χ4n) is 3.35. The van der Waals surface area contributed by atoms with E-state index in [0.29, 0.717) is 42.5 Å². The first-order valence-corrected chi connectivity index (χ1v) is 9.91. The van der Waals surface area contributed by atoms with Crippen LogP contribution in [0.5, 0.6) is 11.5 Å². The Morgan fingerprint density at radius 1 is 1.13 bits per heavy atom. The van der Waals surface area contributed by atoms with Crippen LogP contribution in [0.15, 0.2) is 61.1 Å². The molecule has 3 N–H and O–H groups in total. The molecule has 160 valence electrons. The standard InChI is InChI=1S/C22H22FN5O3/c23-15-1-5-18(6-2-15)31-19-7-3-16(4-8-19)27-22(30)20-13-24-9-10-28(20)21(29)11-17-12-25-14-26-17/h1-8,12,14,20,24H,9-11,13H2,(H,25,26)(H,27,30). The Hall–Kier alpha value is -3.72. The summed E-state index contributed by atoms with van der Waals surface area (Å²) in [5.41, 5.74) is 1.22. The summed E-state index contributed by atoms with van der Waals surface area (Å²) in [5, 5.41) is 6.02. The van der Waals surface area contributed by atoms with E-state index in [-0.39, 0.29) is 24.1 Å². The Bertz CT molecular complexity index is 1020. The van der Waals surface area contributed by atoms with Gasteiger partial charge in [-0.05, 0) is 48.5 Å². The smallest absolute Gasteiger partial charge is 0.248 e. The van der Waals surface area contributed by atoms with E-state index < -0.39 is 6.04 Å². The van der Waals surface area contributed by atoms with Crippen molar-refractivity contribution in [2.24, 2.45) is 0 Å². The Labute approximate surface area is 178 Å². The SMILES string of the molecule is O=C(Nc1ccc(Oc2ccc(F)cc2)cc1)C1CNCCN1C(=O)Cc1c[nH]cn1. The number of amides is 2. The number of halogens is 1. The quantitative estimate of drug-likeness (QED) is 0.565. The van der Waals surface area contributed by atoms with Gasteiger partial charge in [-0.1, -0.05) is 0 Å². The highest BCUT2D eigenvalue weighted by atomic mass is 19.1. The second kappa shape index (κ2) is 9.40. The fourth-order valence-corrected chi connectivity index (χ4v) is 3.35. The third-order valence-electron chi connectivity index (χ3n) is 4.92. The van der Waals surface area contributed by atoms with Crippen LogP contribution in [0.2, 0.25) is 0 Å². The molecule has 1 aromatic heterocycles. The summed E-state index contributed by atoms with van der Waals surface area (Å²) in [7, 11) is 0. The maximum absolute atomic E-state index is 13.0. The van der Waals surface area contributed by atoms with Gasteiger partial charge in [0.05, 0.1) is 18.4 Å². The van der Waals surface area contributed by atoms with Crippen LogP contribution in [-0.2, 0) is 16.0 Å². The largest absolute Gasteiger partial charge is 0.457 e. The summed E-state index contributed by atoms with van der Waals surface area (Å²) in [4.78, 5) is 34.1. The number of aromatic nitrogens is 2. The fraction of sp³-hybridized carbons (Fsp3) is 0.227. The number of piperazine rings is 1. The zero-order chi connectivity index (χ0) is 21.6. The number of hydrogen-bond acceptors (Lipinski definition) is 5. The molecule has 0 aliphatic carbocycles. The molecule has 2 aromatic carbocycles. The molecule has 31 heavy (non-hydrogen) atoms. The summed E-state index contributed by atoms with van der Waals surface area (Å²) in [6.45, 7) is 1.46. The Kier molecular flexibility index (Phi) is 6.23. The lowest BCUT2D eigenvalue weighted by Crippen LogP contribution is -2.58. The van der Waals surface area contributed by atoms with Crippen LogP contribution in [0.1, 0.15) is 5.69 Å². The summed E-state index contributed by atoms with van der Waals surface area (Å²) in [6, 6.07) is 11.9. The van der Waals surface area contributed by atoms with Crippen LogP contribution < -0.4 is 15.4 Å². The van der Waals surface area contributed by atoms with Crippen LogP contribution in [-0.4, -0.2) is 52.4 Å². The van der Waals surface area contributed by atoms with Gasteiger partial charge in [0.1, 0.15) is 23.4 Å². The first-order valence-electron chi connectivity index (χ1n) is 9.91. The molecule has 1 atom stereocenters. The second-order valence-corrected chi connectivity index (χ2v) is 7.11. The van der Waals surface area contributed by atoms with E-state index in [1.807, 2.05) is 0 Å². The van der Waals surface area contributed by atoms with Crippen molar-refractivity contribution in [2.45, 2.75) is 12.5 Å². The van der Waals surface area contributed by atoms with Gasteiger partial charge in [-0.15, -0.1) is 0 Å². The lowest BCUT2D eigenvalue weighted by Gasteiger charge is -2.35. The van der Waals surface area contributed by atoms with Crippen LogP contribution in [0.4, 0.5) is 10.1 Å². The lowest BCUT2D eigenvalue weighted by molar-refractivity contribution is -0.139. The predicted molar refractivity (Wildman–Crippen MR) is 112 cm³/mol. The molecule has 2 amide bonds. The molecule has 8 nitrogen and oxygen atoms in total. The van der Waals surface area contributed by atoms with E-state index in [1.165, 1.54) is 30.6 Å². The Morgan fingerprint density at radius 2 is 1.84 bits per heavy atom. The van der Waals surface area contributed by atoms with Gasteiger partial charge in [-0.3, -0.25) is 9.59 Å². The highest BCUT2D eigenvalue weighted by molar-refractivity contribution is 5.97. The highest BCUT2D eigenvalue weighted by Crippen LogP contribution is 2.23. The van der Waals surface area contributed by atoms with E-state index >= 15 is 0 Å². The first-order chi connectivity index (χ1) is 15.1. The van der Waals surface area contributed by atoms with Crippen LogP contribution in [0.3, 0.4) is 0 Å². The van der Waals surface area contributed by atoms with Crippen molar-refractivity contribution in [3.63, 3.8) is 0 Å². The van der Waals surface area contributed by atoms with Crippen LogP contribution >= 0.6 is 0 Å². The number of anilines is 1. The summed E-state index contributed by atoms with van der Waals surface area (Å²) in [6.07, 6.45) is 3.33. The third kappa shape index (κ3) is 5.26. The molecule has 1 fully saturated rings. The summed E-state index contributed by atoms with van der Waals surface area (Å²) < 4.78 is 18.7. The number of benzene rings is 2. The zero-order valence-electron chi connectivity index (χ0n) is 16.7. The zero-order valence-corrected chi connectivity index (χ0v) is 16.7. The molecule has 4 rings (SSSR count). The van der Waals surface area contributed by atoms with E-state index in [1.54, 1.807) is 35.4 Å². The molecular formula is C22H22FN5O3. The number of hydrogen-bond donors (Lipinski definition) is 3. The molecule has 3 aromatic rings. The number of carbonyl (C=O) groups excluding carboxylic acids is 2. The van der Waals surface area contributed by atoms with Gasteiger partial charge < -0.3 is 25.3 Å². The van der Waals surface area contributed by atoms with E-state index in [0.717, 1.165) is 0 Å². The molecule has 0 spiro atoms. The molecule has 0 radical (unpaired) electrons. The van der Waals surface area contributed by atoms with Gasteiger partial charge in [0.15, 0.2) is 0 Å². The second-order valence-electron chi connectivity index (χ2n) is 7.11. The topological polar surface area (TPSA) is 99.4 Å². The van der Waals surface area contributed by atoms with Crippen LogP contribution in [0, 0.1) is 5.82 Å². The van der Waals surface area contributed by atoms with Crippen molar-refractivity contribution in [3.05, 3.63) is 72.6 Å². The molecule has 9 heteroatoms. The number of carbonyl (C=O) groups is 2. The predicted octanol–water partition coefficient (Wildman–Crippen LogP) is 2.32. The van der Waals surface area contributed by atoms with Crippen molar-refractivity contribution >= 4 is 17.5 Å². The van der Waals surface area contributed by atoms with E-state index in [2.05, 4.69) is 20.6 Å². The van der Waals surface area contributed by atoms with Crippen molar-refractivity contribution in [3.8, 4) is 11.5 Å². The minimum absolute atomic E-state index is 0.142. The van der Waals surface area contributed by atoms with Crippen molar-refractivity contribution in [2.75, 3.05) is 25.0 Å². The average Bonchev–Trinajstić information content (AvgIpc) is 3.29. The van der Waals surface area contributed by atoms with Gasteiger partial charge in [0.2, 0.25) is 11.8 Å². The highest BCUT2D eigenvalue weighted by Gasteiger charge is 2.32. The molecule has 2 heterocycles. The van der Waals surface area contributed by atoms with Crippen molar-refractivity contribution in [1.82, 2.24) is 20.2 Å². The number of H-pyrrole nitrogens is 1. The van der Waals surface area contributed by atoms with Gasteiger partial charge in [0.25, 0.3) is 0 Å². The van der Waals surface area contributed by atoms with E-state index in [9.17, 15) is 14.0 Å². The molecule has 1 aliphatic rings. The van der Waals surface area contributed by atoms with Gasteiger partial charge in [0, 0.05) is 31.5 Å². The number of nitrogens with zero attached hydrogens (tertiary/aromatic N) is 2. The van der Waals surface area contributed by atoms with Crippen LogP contribution in [0.25, 0.3) is 0 Å². The van der Waals surface area contributed by atoms with E-state index in [4.69, 9.17) is 4.74 Å². The van der Waals surface area contributed by atoms with Gasteiger partial charge >= 0.3 is 0 Å². The molecule has 1 unspecified atom stereocenters. The number of ether oxygens (including phenoxy) is 1. The molecular weight excluding hydrogens is 401 g/mol. The van der Waals surface area contributed by atoms with Gasteiger partial charge in [-0.25, -0.2) is 9.37 Å². The number of rotatable bonds is 6. The summed E-state index contributed by atoms with van der Waals surface area (Å²) >= 11 is 0. The Morgan fingerprint density at radius 3 is 2.52 bits per heavy atom. The minimum Gasteiger partial charge on any atom is -0.457 e. The molecule has 0 bridgehead atoms.